The lowest BCUT2D eigenvalue weighted by atomic mass is 10.3. The molecular weight excluding hydrogens is 244 g/mol. The summed E-state index contributed by atoms with van der Waals surface area (Å²) in [6.45, 7) is 5.65. The van der Waals surface area contributed by atoms with Crippen LogP contribution in [0.2, 0.25) is 0 Å². The molecule has 1 aromatic heterocycles. The van der Waals surface area contributed by atoms with Crippen molar-refractivity contribution >= 4 is 11.7 Å². The van der Waals surface area contributed by atoms with Gasteiger partial charge in [-0.15, -0.1) is 0 Å². The van der Waals surface area contributed by atoms with Crippen LogP contribution in [0.4, 0.5) is 5.82 Å². The van der Waals surface area contributed by atoms with Crippen molar-refractivity contribution in [1.82, 2.24) is 14.9 Å². The molecule has 106 valence electrons. The van der Waals surface area contributed by atoms with E-state index in [-0.39, 0.29) is 12.5 Å². The number of unbranched alkanes of at least 4 members (excludes halogenated alkanes) is 1. The second-order valence-electron chi connectivity index (χ2n) is 4.19. The molecule has 0 aromatic carbocycles. The summed E-state index contributed by atoms with van der Waals surface area (Å²) in [5.41, 5.74) is 0.308. The minimum Gasteiger partial charge on any atom is -0.395 e. The number of carbonyl (C=O) groups excluding carboxylic acids is 1. The summed E-state index contributed by atoms with van der Waals surface area (Å²) in [6, 6.07) is 0. The minimum absolute atomic E-state index is 0.0458. The molecule has 0 bridgehead atoms. The third kappa shape index (κ3) is 4.82. The van der Waals surface area contributed by atoms with Crippen molar-refractivity contribution in [2.75, 3.05) is 31.6 Å². The van der Waals surface area contributed by atoms with Gasteiger partial charge in [-0.25, -0.2) is 4.98 Å². The van der Waals surface area contributed by atoms with E-state index in [4.69, 9.17) is 5.11 Å². The molecule has 0 radical (unpaired) electrons. The van der Waals surface area contributed by atoms with E-state index in [1.54, 1.807) is 11.1 Å². The van der Waals surface area contributed by atoms with Crippen molar-refractivity contribution in [2.24, 2.45) is 0 Å². The molecule has 0 spiro atoms. The molecule has 0 unspecified atom stereocenters. The van der Waals surface area contributed by atoms with Gasteiger partial charge < -0.3 is 15.3 Å². The fourth-order valence-electron chi connectivity index (χ4n) is 1.68. The Hall–Kier alpha value is -1.69. The van der Waals surface area contributed by atoms with Gasteiger partial charge in [-0.3, -0.25) is 9.78 Å². The predicted octanol–water partition coefficient (Wildman–Crippen LogP) is 1.14. The number of anilines is 1. The van der Waals surface area contributed by atoms with E-state index in [2.05, 4.69) is 22.2 Å². The summed E-state index contributed by atoms with van der Waals surface area (Å²) in [5, 5.41) is 12.1. The van der Waals surface area contributed by atoms with E-state index in [0.29, 0.717) is 24.6 Å². The average Bonchev–Trinajstić information content (AvgIpc) is 2.43. The van der Waals surface area contributed by atoms with Crippen molar-refractivity contribution in [3.8, 4) is 0 Å². The van der Waals surface area contributed by atoms with Gasteiger partial charge in [0, 0.05) is 19.6 Å². The van der Waals surface area contributed by atoms with Crippen LogP contribution in [0.5, 0.6) is 0 Å². The first kappa shape index (κ1) is 15.4. The van der Waals surface area contributed by atoms with Crippen LogP contribution in [0, 0.1) is 0 Å². The molecule has 0 atom stereocenters. The highest BCUT2D eigenvalue weighted by Crippen LogP contribution is 2.06. The highest BCUT2D eigenvalue weighted by Gasteiger charge is 2.16. The first-order valence-corrected chi connectivity index (χ1v) is 6.69. The van der Waals surface area contributed by atoms with Crippen molar-refractivity contribution < 1.29 is 9.90 Å². The lowest BCUT2D eigenvalue weighted by molar-refractivity contribution is 0.0713. The number of aliphatic hydroxyl groups is 1. The molecule has 0 saturated heterocycles. The molecule has 2 N–H and O–H groups in total. The zero-order valence-corrected chi connectivity index (χ0v) is 11.6. The van der Waals surface area contributed by atoms with Gasteiger partial charge in [-0.2, -0.15) is 0 Å². The van der Waals surface area contributed by atoms with Gasteiger partial charge in [0.05, 0.1) is 19.0 Å². The zero-order valence-electron chi connectivity index (χ0n) is 11.6. The Balaban J connectivity index is 2.79. The summed E-state index contributed by atoms with van der Waals surface area (Å²) in [6.07, 6.45) is 4.95. The van der Waals surface area contributed by atoms with Crippen LogP contribution >= 0.6 is 0 Å². The fraction of sp³-hybridized carbons (Fsp3) is 0.615. The van der Waals surface area contributed by atoms with E-state index in [0.717, 1.165) is 19.4 Å². The van der Waals surface area contributed by atoms with E-state index < -0.39 is 0 Å². The highest BCUT2D eigenvalue weighted by atomic mass is 16.3. The van der Waals surface area contributed by atoms with Gasteiger partial charge in [-0.1, -0.05) is 13.3 Å². The van der Waals surface area contributed by atoms with Crippen LogP contribution in [0.3, 0.4) is 0 Å². The molecule has 0 fully saturated rings. The number of hydrogen-bond acceptors (Lipinski definition) is 5. The topological polar surface area (TPSA) is 78.3 Å². The van der Waals surface area contributed by atoms with Gasteiger partial charge in [0.1, 0.15) is 11.5 Å². The quantitative estimate of drug-likeness (QED) is 0.738. The fourth-order valence-corrected chi connectivity index (χ4v) is 1.68. The standard InChI is InChI=1S/C13H22N4O2/c1-3-5-6-17(7-8-18)13(19)11-9-14-10-12(16-11)15-4-2/h9-10,18H,3-8H2,1-2H3,(H,15,16). The van der Waals surface area contributed by atoms with Crippen LogP contribution in [-0.4, -0.2) is 52.1 Å². The molecule has 19 heavy (non-hydrogen) atoms. The summed E-state index contributed by atoms with van der Waals surface area (Å²) < 4.78 is 0. The Morgan fingerprint density at radius 3 is 2.79 bits per heavy atom. The van der Waals surface area contributed by atoms with E-state index in [1.165, 1.54) is 6.20 Å². The first-order chi connectivity index (χ1) is 9.22. The molecule has 1 aromatic rings. The van der Waals surface area contributed by atoms with Gasteiger partial charge in [0.2, 0.25) is 0 Å². The third-order valence-corrected chi connectivity index (χ3v) is 2.65. The van der Waals surface area contributed by atoms with Gasteiger partial charge in [-0.05, 0) is 13.3 Å². The molecular formula is C13H22N4O2. The van der Waals surface area contributed by atoms with E-state index >= 15 is 0 Å². The van der Waals surface area contributed by atoms with Gasteiger partial charge in [0.25, 0.3) is 5.91 Å². The average molecular weight is 266 g/mol. The Bertz CT molecular complexity index is 398. The largest absolute Gasteiger partial charge is 0.395 e. The number of rotatable bonds is 8. The van der Waals surface area contributed by atoms with E-state index in [9.17, 15) is 4.79 Å². The van der Waals surface area contributed by atoms with Crippen molar-refractivity contribution in [3.63, 3.8) is 0 Å². The molecule has 1 heterocycles. The number of hydrogen-bond donors (Lipinski definition) is 2. The Morgan fingerprint density at radius 1 is 1.37 bits per heavy atom. The lowest BCUT2D eigenvalue weighted by Gasteiger charge is -2.21. The Labute approximate surface area is 113 Å². The molecule has 0 aliphatic heterocycles. The molecule has 1 rings (SSSR count). The van der Waals surface area contributed by atoms with Gasteiger partial charge >= 0.3 is 0 Å². The number of aromatic nitrogens is 2. The van der Waals surface area contributed by atoms with Crippen LogP contribution in [0.15, 0.2) is 12.4 Å². The maximum absolute atomic E-state index is 12.3. The first-order valence-electron chi connectivity index (χ1n) is 6.69. The van der Waals surface area contributed by atoms with Crippen LogP contribution in [-0.2, 0) is 0 Å². The third-order valence-electron chi connectivity index (χ3n) is 2.65. The summed E-state index contributed by atoms with van der Waals surface area (Å²) >= 11 is 0. The smallest absolute Gasteiger partial charge is 0.274 e. The molecule has 6 nitrogen and oxygen atoms in total. The molecule has 0 aliphatic carbocycles. The molecule has 1 amide bonds. The van der Waals surface area contributed by atoms with Crippen LogP contribution in [0.25, 0.3) is 0 Å². The summed E-state index contributed by atoms with van der Waals surface area (Å²) in [4.78, 5) is 22.1. The lowest BCUT2D eigenvalue weighted by Crippen LogP contribution is -2.35. The summed E-state index contributed by atoms with van der Waals surface area (Å²) in [5.74, 6) is 0.405. The van der Waals surface area contributed by atoms with E-state index in [1.807, 2.05) is 6.92 Å². The van der Waals surface area contributed by atoms with Crippen LogP contribution in [0.1, 0.15) is 37.2 Å². The normalized spacial score (nSPS) is 10.3. The second kappa shape index (κ2) is 8.42. The second-order valence-corrected chi connectivity index (χ2v) is 4.19. The monoisotopic (exact) mass is 266 g/mol. The Morgan fingerprint density at radius 2 is 2.16 bits per heavy atom. The SMILES string of the molecule is CCCCN(CCO)C(=O)c1cncc(NCC)n1. The van der Waals surface area contributed by atoms with Crippen LogP contribution < -0.4 is 5.32 Å². The van der Waals surface area contributed by atoms with Crippen molar-refractivity contribution in [1.29, 1.82) is 0 Å². The van der Waals surface area contributed by atoms with Crippen molar-refractivity contribution in [2.45, 2.75) is 26.7 Å². The van der Waals surface area contributed by atoms with Crippen molar-refractivity contribution in [3.05, 3.63) is 18.1 Å². The molecule has 0 aliphatic rings. The predicted molar refractivity (Wildman–Crippen MR) is 74.1 cm³/mol. The number of carbonyl (C=O) groups is 1. The minimum atomic E-state index is -0.185. The maximum Gasteiger partial charge on any atom is 0.274 e. The number of aliphatic hydroxyl groups excluding tert-OH is 1. The molecule has 0 saturated carbocycles. The maximum atomic E-state index is 12.3. The Kier molecular flexibility index (Phi) is 6.81. The zero-order chi connectivity index (χ0) is 14.1. The number of nitrogens with zero attached hydrogens (tertiary/aromatic N) is 3. The summed E-state index contributed by atoms with van der Waals surface area (Å²) in [7, 11) is 0. The molecule has 6 heteroatoms. The number of nitrogens with one attached hydrogen (secondary N) is 1. The highest BCUT2D eigenvalue weighted by molar-refractivity contribution is 5.92. The van der Waals surface area contributed by atoms with Gasteiger partial charge in [0.15, 0.2) is 0 Å². The number of amides is 1.